The second-order valence-electron chi connectivity index (χ2n) is 3.24. The van der Waals surface area contributed by atoms with Crippen molar-refractivity contribution in [1.29, 1.82) is 0 Å². The normalized spacial score (nSPS) is 10.6. The molecule has 0 aliphatic heterocycles. The van der Waals surface area contributed by atoms with E-state index in [1.54, 1.807) is 23.0 Å². The van der Waals surface area contributed by atoms with Gasteiger partial charge in [0.25, 0.3) is 0 Å². The zero-order valence-electron chi connectivity index (χ0n) is 8.11. The van der Waals surface area contributed by atoms with Crippen LogP contribution in [0.5, 0.6) is 0 Å². The summed E-state index contributed by atoms with van der Waals surface area (Å²) in [7, 11) is 1.81. The molecule has 0 spiro atoms. The van der Waals surface area contributed by atoms with Crippen LogP contribution in [0.4, 0.5) is 4.39 Å². The second kappa shape index (κ2) is 3.98. The lowest BCUT2D eigenvalue weighted by atomic mass is 10.1. The van der Waals surface area contributed by atoms with Gasteiger partial charge in [-0.3, -0.25) is 0 Å². The molecular formula is C10H9ClFN3. The van der Waals surface area contributed by atoms with Crippen LogP contribution in [0.1, 0.15) is 11.4 Å². The fourth-order valence-corrected chi connectivity index (χ4v) is 1.56. The SMILES string of the molecule is Cn1cnnc1Cc1c(F)cccc1Cl. The van der Waals surface area contributed by atoms with E-state index in [2.05, 4.69) is 10.2 Å². The van der Waals surface area contributed by atoms with Gasteiger partial charge in [-0.15, -0.1) is 10.2 Å². The summed E-state index contributed by atoms with van der Waals surface area (Å²) in [6.07, 6.45) is 1.92. The number of benzene rings is 1. The highest BCUT2D eigenvalue weighted by atomic mass is 35.5. The highest BCUT2D eigenvalue weighted by Gasteiger charge is 2.10. The Balaban J connectivity index is 2.36. The number of rotatable bonds is 2. The number of nitrogens with zero attached hydrogens (tertiary/aromatic N) is 3. The zero-order valence-corrected chi connectivity index (χ0v) is 8.87. The number of hydrogen-bond donors (Lipinski definition) is 0. The molecule has 0 saturated heterocycles. The van der Waals surface area contributed by atoms with E-state index in [9.17, 15) is 4.39 Å². The lowest BCUT2D eigenvalue weighted by Crippen LogP contribution is -2.01. The Labute approximate surface area is 91.5 Å². The zero-order chi connectivity index (χ0) is 10.8. The summed E-state index contributed by atoms with van der Waals surface area (Å²) in [5, 5.41) is 8.02. The first-order valence-corrected chi connectivity index (χ1v) is 4.82. The van der Waals surface area contributed by atoms with E-state index in [1.807, 2.05) is 7.05 Å². The average molecular weight is 226 g/mol. The van der Waals surface area contributed by atoms with Crippen LogP contribution in [-0.2, 0) is 13.5 Å². The number of aromatic nitrogens is 3. The van der Waals surface area contributed by atoms with Crippen molar-refractivity contribution in [3.8, 4) is 0 Å². The van der Waals surface area contributed by atoms with Gasteiger partial charge in [-0.1, -0.05) is 17.7 Å². The van der Waals surface area contributed by atoms with Gasteiger partial charge in [0.05, 0.1) is 0 Å². The average Bonchev–Trinajstić information content (AvgIpc) is 2.58. The maximum atomic E-state index is 13.4. The van der Waals surface area contributed by atoms with E-state index in [1.165, 1.54) is 6.07 Å². The van der Waals surface area contributed by atoms with Crippen LogP contribution in [-0.4, -0.2) is 14.8 Å². The first-order chi connectivity index (χ1) is 7.18. The monoisotopic (exact) mass is 225 g/mol. The predicted octanol–water partition coefficient (Wildman–Crippen LogP) is 2.20. The summed E-state index contributed by atoms with van der Waals surface area (Å²) in [6.45, 7) is 0. The molecule has 2 rings (SSSR count). The van der Waals surface area contributed by atoms with Crippen LogP contribution in [0.25, 0.3) is 0 Å². The van der Waals surface area contributed by atoms with Crippen molar-refractivity contribution in [1.82, 2.24) is 14.8 Å². The summed E-state index contributed by atoms with van der Waals surface area (Å²) in [5.74, 6) is 0.368. The third-order valence-corrected chi connectivity index (χ3v) is 2.56. The molecule has 0 amide bonds. The van der Waals surface area contributed by atoms with Gasteiger partial charge in [0.2, 0.25) is 0 Å². The molecule has 5 heteroatoms. The van der Waals surface area contributed by atoms with Crippen LogP contribution in [0.2, 0.25) is 5.02 Å². The van der Waals surface area contributed by atoms with E-state index in [4.69, 9.17) is 11.6 Å². The lowest BCUT2D eigenvalue weighted by molar-refractivity contribution is 0.610. The molecular weight excluding hydrogens is 217 g/mol. The summed E-state index contributed by atoms with van der Waals surface area (Å²) < 4.78 is 15.2. The van der Waals surface area contributed by atoms with Crippen molar-refractivity contribution in [2.45, 2.75) is 6.42 Å². The summed E-state index contributed by atoms with van der Waals surface area (Å²) in [4.78, 5) is 0. The highest BCUT2D eigenvalue weighted by molar-refractivity contribution is 6.31. The first-order valence-electron chi connectivity index (χ1n) is 4.44. The van der Waals surface area contributed by atoms with Gasteiger partial charge in [-0.05, 0) is 12.1 Å². The van der Waals surface area contributed by atoms with E-state index in [-0.39, 0.29) is 5.82 Å². The molecule has 1 aromatic carbocycles. The molecule has 15 heavy (non-hydrogen) atoms. The number of aryl methyl sites for hydroxylation is 1. The Hall–Kier alpha value is -1.42. The van der Waals surface area contributed by atoms with Crippen LogP contribution in [0.3, 0.4) is 0 Å². The summed E-state index contributed by atoms with van der Waals surface area (Å²) in [5.41, 5.74) is 0.454. The molecule has 78 valence electrons. The Morgan fingerprint density at radius 3 is 2.87 bits per heavy atom. The maximum Gasteiger partial charge on any atom is 0.137 e. The quantitative estimate of drug-likeness (QED) is 0.785. The lowest BCUT2D eigenvalue weighted by Gasteiger charge is -2.04. The number of halogens is 2. The van der Waals surface area contributed by atoms with Crippen LogP contribution >= 0.6 is 11.6 Å². The van der Waals surface area contributed by atoms with Gasteiger partial charge in [0.1, 0.15) is 18.0 Å². The van der Waals surface area contributed by atoms with Gasteiger partial charge >= 0.3 is 0 Å². The molecule has 0 aliphatic carbocycles. The molecule has 0 atom stereocenters. The van der Waals surface area contributed by atoms with Crippen molar-refractivity contribution in [3.05, 3.63) is 46.8 Å². The third kappa shape index (κ3) is 1.99. The van der Waals surface area contributed by atoms with E-state index < -0.39 is 0 Å². The first kappa shape index (κ1) is 10.1. The second-order valence-corrected chi connectivity index (χ2v) is 3.64. The maximum absolute atomic E-state index is 13.4. The predicted molar refractivity (Wildman–Crippen MR) is 55.2 cm³/mol. The molecule has 0 fully saturated rings. The Morgan fingerprint density at radius 2 is 2.27 bits per heavy atom. The molecule has 0 saturated carbocycles. The van der Waals surface area contributed by atoms with Crippen molar-refractivity contribution in [2.75, 3.05) is 0 Å². The van der Waals surface area contributed by atoms with E-state index in [0.717, 1.165) is 0 Å². The Kier molecular flexibility index (Phi) is 2.68. The van der Waals surface area contributed by atoms with Crippen LogP contribution < -0.4 is 0 Å². The standard InChI is InChI=1S/C10H9ClFN3/c1-15-6-13-14-10(15)5-7-8(11)3-2-4-9(7)12/h2-4,6H,5H2,1H3. The minimum atomic E-state index is -0.314. The molecule has 1 aromatic heterocycles. The van der Waals surface area contributed by atoms with Crippen LogP contribution in [0, 0.1) is 5.82 Å². The van der Waals surface area contributed by atoms with E-state index in [0.29, 0.717) is 22.8 Å². The van der Waals surface area contributed by atoms with Gasteiger partial charge < -0.3 is 4.57 Å². The minimum Gasteiger partial charge on any atom is -0.320 e. The highest BCUT2D eigenvalue weighted by Crippen LogP contribution is 2.21. The van der Waals surface area contributed by atoms with Gasteiger partial charge in [-0.2, -0.15) is 0 Å². The van der Waals surface area contributed by atoms with E-state index >= 15 is 0 Å². The Bertz CT molecular complexity index is 461. The summed E-state index contributed by atoms with van der Waals surface area (Å²) in [6, 6.07) is 4.63. The fourth-order valence-electron chi connectivity index (χ4n) is 1.33. The topological polar surface area (TPSA) is 30.7 Å². The van der Waals surface area contributed by atoms with Crippen LogP contribution in [0.15, 0.2) is 24.5 Å². The van der Waals surface area contributed by atoms with Crippen molar-refractivity contribution >= 4 is 11.6 Å². The molecule has 0 radical (unpaired) electrons. The number of hydrogen-bond acceptors (Lipinski definition) is 2. The minimum absolute atomic E-state index is 0.314. The molecule has 0 bridgehead atoms. The van der Waals surface area contributed by atoms with Crippen molar-refractivity contribution in [2.24, 2.45) is 7.05 Å². The molecule has 0 unspecified atom stereocenters. The fraction of sp³-hybridized carbons (Fsp3) is 0.200. The van der Waals surface area contributed by atoms with Gasteiger partial charge in [-0.25, -0.2) is 4.39 Å². The smallest absolute Gasteiger partial charge is 0.137 e. The molecule has 2 aromatic rings. The molecule has 0 aliphatic rings. The largest absolute Gasteiger partial charge is 0.320 e. The molecule has 1 heterocycles. The third-order valence-electron chi connectivity index (χ3n) is 2.20. The van der Waals surface area contributed by atoms with Gasteiger partial charge in [0.15, 0.2) is 0 Å². The molecule has 0 N–H and O–H groups in total. The van der Waals surface area contributed by atoms with Crippen molar-refractivity contribution < 1.29 is 4.39 Å². The van der Waals surface area contributed by atoms with Crippen molar-refractivity contribution in [3.63, 3.8) is 0 Å². The Morgan fingerprint density at radius 1 is 1.47 bits per heavy atom. The summed E-state index contributed by atoms with van der Waals surface area (Å²) >= 11 is 5.90. The molecule has 3 nitrogen and oxygen atoms in total. The van der Waals surface area contributed by atoms with Gasteiger partial charge in [0, 0.05) is 24.1 Å².